The average Bonchev–Trinajstić information content (AvgIpc) is 2.57. The molecule has 0 heterocycles. The summed E-state index contributed by atoms with van der Waals surface area (Å²) < 4.78 is 0. The highest BCUT2D eigenvalue weighted by molar-refractivity contribution is 14.0. The van der Waals surface area contributed by atoms with Crippen LogP contribution in [0.2, 0.25) is 0 Å². The molecule has 0 radical (unpaired) electrons. The summed E-state index contributed by atoms with van der Waals surface area (Å²) in [7, 11) is 0. The molecule has 0 spiro atoms. The van der Waals surface area contributed by atoms with E-state index in [0.29, 0.717) is 23.9 Å². The Balaban J connectivity index is 0.00000625. The Morgan fingerprint density at radius 2 is 1.88 bits per heavy atom. The van der Waals surface area contributed by atoms with Crippen LogP contribution in [0.4, 0.5) is 0 Å². The monoisotopic (exact) mass is 476 g/mol. The number of hydrogen-bond acceptors (Lipinski definition) is 3. The molecule has 0 bridgehead atoms. The average molecular weight is 476 g/mol. The Hall–Kier alpha value is -1.35. The second kappa shape index (κ2) is 13.8. The van der Waals surface area contributed by atoms with Gasteiger partial charge in [-0.1, -0.05) is 26.0 Å². The lowest BCUT2D eigenvalue weighted by atomic mass is 9.94. The van der Waals surface area contributed by atoms with Crippen molar-refractivity contribution < 1.29 is 9.90 Å². The second-order valence-corrected chi connectivity index (χ2v) is 6.65. The molecule has 0 saturated carbocycles. The van der Waals surface area contributed by atoms with Gasteiger partial charge in [-0.2, -0.15) is 0 Å². The molecule has 0 saturated heterocycles. The number of nitrogens with two attached hydrogens (primary N) is 1. The fourth-order valence-corrected chi connectivity index (χ4v) is 2.68. The van der Waals surface area contributed by atoms with Gasteiger partial charge in [0.25, 0.3) is 0 Å². The summed E-state index contributed by atoms with van der Waals surface area (Å²) in [5.41, 5.74) is 6.76. The normalized spacial score (nSPS) is 12.4. The first-order chi connectivity index (χ1) is 12.0. The van der Waals surface area contributed by atoms with Crippen LogP contribution in [0.3, 0.4) is 0 Å². The smallest absolute Gasteiger partial charge is 0.248 e. The van der Waals surface area contributed by atoms with Crippen LogP contribution in [0.15, 0.2) is 29.3 Å². The van der Waals surface area contributed by atoms with Crippen LogP contribution < -0.4 is 16.4 Å². The number of aliphatic hydroxyl groups excluding tert-OH is 1. The quantitative estimate of drug-likeness (QED) is 0.237. The number of aliphatic imine (C=N–C) groups is 1. The van der Waals surface area contributed by atoms with E-state index in [1.807, 2.05) is 19.1 Å². The molecule has 1 rings (SSSR count). The van der Waals surface area contributed by atoms with Gasteiger partial charge in [0, 0.05) is 25.3 Å². The number of carbonyl (C=O) groups is 1. The van der Waals surface area contributed by atoms with E-state index in [2.05, 4.69) is 29.5 Å². The summed E-state index contributed by atoms with van der Waals surface area (Å²) in [4.78, 5) is 15.7. The molecular formula is C19H33IN4O2. The molecule has 1 atom stereocenters. The number of guanidine groups is 1. The summed E-state index contributed by atoms with van der Waals surface area (Å²) in [5, 5.41) is 15.8. The van der Waals surface area contributed by atoms with Crippen LogP contribution in [0.25, 0.3) is 0 Å². The molecule has 1 unspecified atom stereocenters. The summed E-state index contributed by atoms with van der Waals surface area (Å²) in [6.45, 7) is 8.70. The van der Waals surface area contributed by atoms with E-state index in [9.17, 15) is 9.90 Å². The minimum atomic E-state index is -0.426. The number of rotatable bonds is 10. The highest BCUT2D eigenvalue weighted by atomic mass is 127. The summed E-state index contributed by atoms with van der Waals surface area (Å²) in [5.74, 6) is 1.35. The lowest BCUT2D eigenvalue weighted by Gasteiger charge is -2.20. The van der Waals surface area contributed by atoms with Gasteiger partial charge in [0.05, 0.1) is 6.54 Å². The zero-order chi connectivity index (χ0) is 18.7. The summed E-state index contributed by atoms with van der Waals surface area (Å²) >= 11 is 0. The second-order valence-electron chi connectivity index (χ2n) is 6.65. The van der Waals surface area contributed by atoms with E-state index in [1.165, 1.54) is 0 Å². The largest absolute Gasteiger partial charge is 0.396 e. The molecule has 5 N–H and O–H groups in total. The Labute approximate surface area is 174 Å². The SMILES string of the molecule is CCNC(=NCc1ccc(C(N)=O)cc1)NCC(CCO)CC(C)C.I. The standard InChI is InChI=1S/C19H32N4O2.HI/c1-4-21-19(23-13-16(9-10-24)11-14(2)3)22-12-15-5-7-17(8-6-15)18(20)25;/h5-8,14,16,24H,4,9-13H2,1-3H3,(H2,20,25)(H2,21,22,23);1H. The topological polar surface area (TPSA) is 99.7 Å². The van der Waals surface area contributed by atoms with Crippen molar-refractivity contribution in [2.75, 3.05) is 19.7 Å². The number of benzene rings is 1. The van der Waals surface area contributed by atoms with E-state index in [4.69, 9.17) is 5.73 Å². The Morgan fingerprint density at radius 1 is 1.23 bits per heavy atom. The van der Waals surface area contributed by atoms with Gasteiger partial charge in [-0.05, 0) is 49.3 Å². The zero-order valence-corrected chi connectivity index (χ0v) is 18.3. The number of halogens is 1. The van der Waals surface area contributed by atoms with Crippen molar-refractivity contribution in [2.24, 2.45) is 22.6 Å². The molecule has 1 amide bonds. The van der Waals surface area contributed by atoms with Crippen LogP contribution in [-0.4, -0.2) is 36.7 Å². The zero-order valence-electron chi connectivity index (χ0n) is 16.0. The minimum Gasteiger partial charge on any atom is -0.396 e. The molecule has 26 heavy (non-hydrogen) atoms. The Kier molecular flexibility index (Phi) is 13.1. The number of aliphatic hydroxyl groups is 1. The first-order valence-corrected chi connectivity index (χ1v) is 8.98. The van der Waals surface area contributed by atoms with Crippen molar-refractivity contribution in [2.45, 2.75) is 40.2 Å². The van der Waals surface area contributed by atoms with Gasteiger partial charge in [0.2, 0.25) is 5.91 Å². The van der Waals surface area contributed by atoms with Gasteiger partial charge in [-0.3, -0.25) is 4.79 Å². The van der Waals surface area contributed by atoms with Gasteiger partial charge in [0.15, 0.2) is 5.96 Å². The third-order valence-electron chi connectivity index (χ3n) is 3.90. The maximum Gasteiger partial charge on any atom is 0.248 e. The minimum absolute atomic E-state index is 0. The van der Waals surface area contributed by atoms with Crippen molar-refractivity contribution >= 4 is 35.8 Å². The first-order valence-electron chi connectivity index (χ1n) is 8.98. The van der Waals surface area contributed by atoms with Gasteiger partial charge in [-0.25, -0.2) is 4.99 Å². The Bertz CT molecular complexity index is 547. The predicted molar refractivity (Wildman–Crippen MR) is 118 cm³/mol. The van der Waals surface area contributed by atoms with Crippen LogP contribution >= 0.6 is 24.0 Å². The molecular weight excluding hydrogens is 443 g/mol. The third kappa shape index (κ3) is 9.96. The lowest BCUT2D eigenvalue weighted by Crippen LogP contribution is -2.40. The summed E-state index contributed by atoms with van der Waals surface area (Å²) in [6, 6.07) is 7.15. The molecule has 0 fully saturated rings. The van der Waals surface area contributed by atoms with Crippen LogP contribution in [0.1, 0.15) is 49.5 Å². The van der Waals surface area contributed by atoms with E-state index in [-0.39, 0.29) is 30.6 Å². The molecule has 6 nitrogen and oxygen atoms in total. The number of hydrogen-bond donors (Lipinski definition) is 4. The number of amides is 1. The third-order valence-corrected chi connectivity index (χ3v) is 3.90. The van der Waals surface area contributed by atoms with Gasteiger partial charge < -0.3 is 21.5 Å². The Morgan fingerprint density at radius 3 is 2.38 bits per heavy atom. The molecule has 1 aromatic rings. The molecule has 148 valence electrons. The van der Waals surface area contributed by atoms with Crippen molar-refractivity contribution in [3.05, 3.63) is 35.4 Å². The molecule has 0 aliphatic heterocycles. The lowest BCUT2D eigenvalue weighted by molar-refractivity contribution is 0.100. The number of nitrogens with zero attached hydrogens (tertiary/aromatic N) is 1. The van der Waals surface area contributed by atoms with E-state index >= 15 is 0 Å². The fraction of sp³-hybridized carbons (Fsp3) is 0.579. The van der Waals surface area contributed by atoms with Crippen LogP contribution in [0, 0.1) is 11.8 Å². The van der Waals surface area contributed by atoms with Gasteiger partial charge in [-0.15, -0.1) is 24.0 Å². The van der Waals surface area contributed by atoms with Crippen LogP contribution in [-0.2, 0) is 6.54 Å². The summed E-state index contributed by atoms with van der Waals surface area (Å²) in [6.07, 6.45) is 1.86. The highest BCUT2D eigenvalue weighted by Gasteiger charge is 2.11. The fourth-order valence-electron chi connectivity index (χ4n) is 2.68. The molecule has 0 aliphatic rings. The van der Waals surface area contributed by atoms with E-state index < -0.39 is 5.91 Å². The van der Waals surface area contributed by atoms with Crippen LogP contribution in [0.5, 0.6) is 0 Å². The highest BCUT2D eigenvalue weighted by Crippen LogP contribution is 2.14. The van der Waals surface area contributed by atoms with Crippen molar-refractivity contribution in [1.29, 1.82) is 0 Å². The van der Waals surface area contributed by atoms with Crippen molar-refractivity contribution in [3.8, 4) is 0 Å². The van der Waals surface area contributed by atoms with Crippen molar-refractivity contribution in [3.63, 3.8) is 0 Å². The number of primary amides is 1. The van der Waals surface area contributed by atoms with Crippen molar-refractivity contribution in [1.82, 2.24) is 10.6 Å². The van der Waals surface area contributed by atoms with E-state index in [1.54, 1.807) is 12.1 Å². The molecule has 7 heteroatoms. The number of carbonyl (C=O) groups excluding carboxylic acids is 1. The molecule has 0 aromatic heterocycles. The first kappa shape index (κ1) is 24.7. The van der Waals surface area contributed by atoms with Gasteiger partial charge in [0.1, 0.15) is 0 Å². The maximum absolute atomic E-state index is 11.1. The molecule has 0 aliphatic carbocycles. The van der Waals surface area contributed by atoms with E-state index in [0.717, 1.165) is 37.5 Å². The van der Waals surface area contributed by atoms with Gasteiger partial charge >= 0.3 is 0 Å². The maximum atomic E-state index is 11.1. The predicted octanol–water partition coefficient (Wildman–Crippen LogP) is 2.50. The number of nitrogens with one attached hydrogen (secondary N) is 2. The molecule has 1 aromatic carbocycles.